The minimum Gasteiger partial charge on any atom is -0.494 e. The average Bonchev–Trinajstić information content (AvgIpc) is 2.35. The summed E-state index contributed by atoms with van der Waals surface area (Å²) in [6, 6.07) is 5.90. The van der Waals surface area contributed by atoms with Gasteiger partial charge in [-0.25, -0.2) is 0 Å². The second kappa shape index (κ2) is 5.29. The van der Waals surface area contributed by atoms with Crippen molar-refractivity contribution in [3.8, 4) is 5.75 Å². The number of pyridine rings is 1. The second-order valence-corrected chi connectivity index (χ2v) is 5.81. The topological polar surface area (TPSA) is 45.6 Å². The number of ether oxygens (including phenoxy) is 1. The lowest BCUT2D eigenvalue weighted by atomic mass is 10.1. The zero-order valence-corrected chi connectivity index (χ0v) is 12.8. The lowest BCUT2D eigenvalue weighted by molar-refractivity contribution is 0.0886. The number of likely N-dealkylation sites (N-methyl/N-ethyl adjacent to an activating group) is 1. The maximum absolute atomic E-state index is 10.0. The van der Waals surface area contributed by atoms with Crippen LogP contribution in [0.1, 0.15) is 19.4 Å². The molecule has 0 bridgehead atoms. The Hall–Kier alpha value is -1.81. The molecule has 1 aromatic heterocycles. The maximum atomic E-state index is 10.0. The van der Waals surface area contributed by atoms with Gasteiger partial charge in [-0.05, 0) is 32.4 Å². The normalized spacial score (nSPS) is 11.7. The molecule has 0 saturated carbocycles. The number of methoxy groups -OCH3 is 1. The van der Waals surface area contributed by atoms with E-state index in [0.29, 0.717) is 6.54 Å². The summed E-state index contributed by atoms with van der Waals surface area (Å²) in [5.41, 5.74) is 2.25. The smallest absolute Gasteiger partial charge is 0.145 e. The number of anilines is 1. The summed E-state index contributed by atoms with van der Waals surface area (Å²) in [7, 11) is 3.63. The number of hydrogen-bond acceptors (Lipinski definition) is 4. The number of aryl methyl sites for hydroxylation is 1. The minimum absolute atomic E-state index is 0.546. The molecule has 0 aliphatic carbocycles. The molecule has 108 valence electrons. The number of aromatic nitrogens is 1. The van der Waals surface area contributed by atoms with Gasteiger partial charge >= 0.3 is 0 Å². The molecule has 0 radical (unpaired) electrons. The van der Waals surface area contributed by atoms with Crippen molar-refractivity contribution in [1.82, 2.24) is 4.98 Å². The molecule has 2 rings (SSSR count). The molecule has 0 saturated heterocycles. The Morgan fingerprint density at radius 3 is 2.65 bits per heavy atom. The number of benzene rings is 1. The van der Waals surface area contributed by atoms with E-state index in [1.165, 1.54) is 0 Å². The summed E-state index contributed by atoms with van der Waals surface area (Å²) < 4.78 is 5.37. The first kappa shape index (κ1) is 14.6. The molecule has 0 aliphatic heterocycles. The molecule has 4 heteroatoms. The third kappa shape index (κ3) is 2.85. The fourth-order valence-electron chi connectivity index (χ4n) is 2.61. The average molecular weight is 274 g/mol. The third-order valence-corrected chi connectivity index (χ3v) is 3.24. The fraction of sp³-hybridized carbons (Fsp3) is 0.438. The SMILES string of the molecule is COc1cccc2c(N(C)CC(C)(C)O)c(C)cnc12. The van der Waals surface area contributed by atoms with Crippen LogP contribution >= 0.6 is 0 Å². The van der Waals surface area contributed by atoms with Crippen LogP contribution in [0.5, 0.6) is 5.75 Å². The first-order chi connectivity index (χ1) is 9.33. The maximum Gasteiger partial charge on any atom is 0.145 e. The highest BCUT2D eigenvalue weighted by Crippen LogP contribution is 2.33. The van der Waals surface area contributed by atoms with Crippen LogP contribution in [0, 0.1) is 6.92 Å². The predicted molar refractivity (Wildman–Crippen MR) is 82.6 cm³/mol. The van der Waals surface area contributed by atoms with E-state index in [-0.39, 0.29) is 0 Å². The zero-order valence-electron chi connectivity index (χ0n) is 12.8. The van der Waals surface area contributed by atoms with E-state index in [1.54, 1.807) is 7.11 Å². The van der Waals surface area contributed by atoms with Gasteiger partial charge in [0.05, 0.1) is 18.4 Å². The number of aliphatic hydroxyl groups is 1. The molecule has 0 aliphatic rings. The van der Waals surface area contributed by atoms with Crippen LogP contribution in [0.25, 0.3) is 10.9 Å². The minimum atomic E-state index is -0.754. The fourth-order valence-corrected chi connectivity index (χ4v) is 2.61. The van der Waals surface area contributed by atoms with E-state index in [1.807, 2.05) is 52.2 Å². The van der Waals surface area contributed by atoms with Crippen molar-refractivity contribution < 1.29 is 9.84 Å². The van der Waals surface area contributed by atoms with Crippen LogP contribution in [0.4, 0.5) is 5.69 Å². The Morgan fingerprint density at radius 1 is 1.35 bits per heavy atom. The number of fused-ring (bicyclic) bond motifs is 1. The van der Waals surface area contributed by atoms with Gasteiger partial charge in [-0.3, -0.25) is 4.98 Å². The van der Waals surface area contributed by atoms with Crippen molar-refractivity contribution in [1.29, 1.82) is 0 Å². The Morgan fingerprint density at radius 2 is 2.05 bits per heavy atom. The quantitative estimate of drug-likeness (QED) is 0.931. The van der Waals surface area contributed by atoms with Crippen LogP contribution in [0.2, 0.25) is 0 Å². The zero-order chi connectivity index (χ0) is 14.9. The van der Waals surface area contributed by atoms with Gasteiger partial charge in [0.25, 0.3) is 0 Å². The first-order valence-corrected chi connectivity index (χ1v) is 6.69. The molecular formula is C16H22N2O2. The second-order valence-electron chi connectivity index (χ2n) is 5.81. The van der Waals surface area contributed by atoms with E-state index in [0.717, 1.165) is 27.9 Å². The summed E-state index contributed by atoms with van der Waals surface area (Å²) in [5.74, 6) is 0.764. The highest BCUT2D eigenvalue weighted by atomic mass is 16.5. The molecule has 0 amide bonds. The van der Waals surface area contributed by atoms with Gasteiger partial charge < -0.3 is 14.7 Å². The molecule has 2 aromatic rings. The van der Waals surface area contributed by atoms with Gasteiger partial charge in [-0.1, -0.05) is 12.1 Å². The predicted octanol–water partition coefficient (Wildman–Crippen LogP) is 2.76. The monoisotopic (exact) mass is 274 g/mol. The molecule has 4 nitrogen and oxygen atoms in total. The van der Waals surface area contributed by atoms with E-state index in [9.17, 15) is 5.11 Å². The molecule has 0 fully saturated rings. The Bertz CT molecular complexity index is 618. The molecule has 0 atom stereocenters. The van der Waals surface area contributed by atoms with Crippen LogP contribution in [0.15, 0.2) is 24.4 Å². The molecule has 20 heavy (non-hydrogen) atoms. The van der Waals surface area contributed by atoms with E-state index < -0.39 is 5.60 Å². The summed E-state index contributed by atoms with van der Waals surface area (Å²) in [4.78, 5) is 6.55. The lowest BCUT2D eigenvalue weighted by Crippen LogP contribution is -2.36. The van der Waals surface area contributed by atoms with Gasteiger partial charge in [0, 0.05) is 25.2 Å². The van der Waals surface area contributed by atoms with Gasteiger partial charge in [0.2, 0.25) is 0 Å². The van der Waals surface area contributed by atoms with E-state index in [2.05, 4.69) is 9.88 Å². The molecule has 1 heterocycles. The Kier molecular flexibility index (Phi) is 3.86. The summed E-state index contributed by atoms with van der Waals surface area (Å²) in [6.07, 6.45) is 1.85. The van der Waals surface area contributed by atoms with Crippen LogP contribution in [0.3, 0.4) is 0 Å². The largest absolute Gasteiger partial charge is 0.494 e. The highest BCUT2D eigenvalue weighted by Gasteiger charge is 2.19. The Labute approximate surface area is 120 Å². The Balaban J connectivity index is 2.60. The van der Waals surface area contributed by atoms with Crippen LogP contribution in [-0.2, 0) is 0 Å². The first-order valence-electron chi connectivity index (χ1n) is 6.69. The van der Waals surface area contributed by atoms with Gasteiger partial charge in [0.15, 0.2) is 0 Å². The van der Waals surface area contributed by atoms with Crippen LogP contribution < -0.4 is 9.64 Å². The summed E-state index contributed by atoms with van der Waals surface area (Å²) in [6.45, 7) is 6.19. The van der Waals surface area contributed by atoms with Gasteiger partial charge in [-0.15, -0.1) is 0 Å². The van der Waals surface area contributed by atoms with E-state index in [4.69, 9.17) is 4.74 Å². The molecule has 1 N–H and O–H groups in total. The number of hydrogen-bond donors (Lipinski definition) is 1. The molecule has 0 unspecified atom stereocenters. The van der Waals surface area contributed by atoms with Crippen molar-refractivity contribution in [3.05, 3.63) is 30.0 Å². The van der Waals surface area contributed by atoms with Crippen molar-refractivity contribution >= 4 is 16.6 Å². The lowest BCUT2D eigenvalue weighted by Gasteiger charge is -2.29. The van der Waals surface area contributed by atoms with Crippen molar-refractivity contribution in [2.45, 2.75) is 26.4 Å². The molecular weight excluding hydrogens is 252 g/mol. The number of rotatable bonds is 4. The third-order valence-electron chi connectivity index (χ3n) is 3.24. The van der Waals surface area contributed by atoms with E-state index >= 15 is 0 Å². The highest BCUT2D eigenvalue weighted by molar-refractivity contribution is 5.96. The van der Waals surface area contributed by atoms with Gasteiger partial charge in [-0.2, -0.15) is 0 Å². The van der Waals surface area contributed by atoms with Crippen LogP contribution in [-0.4, -0.2) is 36.4 Å². The standard InChI is InChI=1S/C16H22N2O2/c1-11-9-17-14-12(7-6-8-13(14)20-5)15(11)18(4)10-16(2,3)19/h6-9,19H,10H2,1-5H3. The van der Waals surface area contributed by atoms with Crippen molar-refractivity contribution in [2.24, 2.45) is 0 Å². The number of nitrogens with zero attached hydrogens (tertiary/aromatic N) is 2. The summed E-state index contributed by atoms with van der Waals surface area (Å²) >= 11 is 0. The van der Waals surface area contributed by atoms with Crippen molar-refractivity contribution in [2.75, 3.05) is 25.6 Å². The van der Waals surface area contributed by atoms with Gasteiger partial charge in [0.1, 0.15) is 11.3 Å². The van der Waals surface area contributed by atoms with Crippen molar-refractivity contribution in [3.63, 3.8) is 0 Å². The molecule has 0 spiro atoms. The number of para-hydroxylation sites is 1. The molecule has 1 aromatic carbocycles. The summed E-state index contributed by atoms with van der Waals surface area (Å²) in [5, 5.41) is 11.1.